The van der Waals surface area contributed by atoms with Crippen molar-refractivity contribution < 1.29 is 9.59 Å². The standard InChI is InChI=1S/C24H41N5O2/c1-4-25-24(26-13-8-6-5-7-9-15-28(2)3)27-14-10-16-29-22(30)20-18-11-12-19(17-18)21(20)23(29)31/h11-12,18-21H,4-10,13-17H2,1-3H3,(H2,25,26,27). The molecular weight excluding hydrogens is 390 g/mol. The molecule has 0 aromatic rings. The average Bonchev–Trinajstić information content (AvgIpc) is 3.42. The summed E-state index contributed by atoms with van der Waals surface area (Å²) in [5.74, 6) is 1.31. The van der Waals surface area contributed by atoms with E-state index >= 15 is 0 Å². The number of rotatable bonds is 13. The first-order valence-electron chi connectivity index (χ1n) is 12.2. The van der Waals surface area contributed by atoms with Crippen LogP contribution in [0.25, 0.3) is 0 Å². The van der Waals surface area contributed by atoms with Gasteiger partial charge >= 0.3 is 0 Å². The number of hydrogen-bond donors (Lipinski definition) is 2. The van der Waals surface area contributed by atoms with Crippen LogP contribution in [-0.2, 0) is 9.59 Å². The second-order valence-electron chi connectivity index (χ2n) is 9.44. The van der Waals surface area contributed by atoms with Crippen LogP contribution in [0.1, 0.15) is 51.9 Å². The molecule has 4 atom stereocenters. The van der Waals surface area contributed by atoms with Gasteiger partial charge in [-0.3, -0.25) is 19.5 Å². The minimum absolute atomic E-state index is 0.0476. The summed E-state index contributed by atoms with van der Waals surface area (Å²) in [6, 6.07) is 0. The molecule has 0 aromatic carbocycles. The minimum Gasteiger partial charge on any atom is -0.357 e. The zero-order valence-electron chi connectivity index (χ0n) is 19.6. The average molecular weight is 432 g/mol. The molecular formula is C24H41N5O2. The summed E-state index contributed by atoms with van der Waals surface area (Å²) in [6.07, 6.45) is 12.2. The Hall–Kier alpha value is -1.89. The summed E-state index contributed by atoms with van der Waals surface area (Å²) in [5, 5.41) is 6.69. The largest absolute Gasteiger partial charge is 0.357 e. The van der Waals surface area contributed by atoms with Crippen LogP contribution in [0.5, 0.6) is 0 Å². The zero-order chi connectivity index (χ0) is 22.2. The number of hydrogen-bond acceptors (Lipinski definition) is 4. The van der Waals surface area contributed by atoms with Gasteiger partial charge in [-0.15, -0.1) is 0 Å². The van der Waals surface area contributed by atoms with Crippen LogP contribution in [-0.4, -0.2) is 74.4 Å². The number of fused-ring (bicyclic) bond motifs is 5. The van der Waals surface area contributed by atoms with Crippen molar-refractivity contribution in [3.05, 3.63) is 12.2 Å². The highest BCUT2D eigenvalue weighted by atomic mass is 16.2. The fourth-order valence-corrected chi connectivity index (χ4v) is 5.24. The van der Waals surface area contributed by atoms with Gasteiger partial charge in [-0.05, 0) is 65.1 Å². The van der Waals surface area contributed by atoms with Crippen molar-refractivity contribution in [1.29, 1.82) is 0 Å². The van der Waals surface area contributed by atoms with E-state index in [0.717, 1.165) is 31.9 Å². The van der Waals surface area contributed by atoms with Gasteiger partial charge in [0.05, 0.1) is 11.8 Å². The van der Waals surface area contributed by atoms with Gasteiger partial charge in [0.25, 0.3) is 0 Å². The molecule has 3 rings (SSSR count). The smallest absolute Gasteiger partial charge is 0.233 e. The first kappa shape index (κ1) is 23.8. The number of allylic oxidation sites excluding steroid dienone is 2. The normalized spacial score (nSPS) is 27.0. The number of imide groups is 1. The van der Waals surface area contributed by atoms with E-state index in [4.69, 9.17) is 0 Å². The van der Waals surface area contributed by atoms with Gasteiger partial charge in [-0.2, -0.15) is 0 Å². The maximum Gasteiger partial charge on any atom is 0.233 e. The summed E-state index contributed by atoms with van der Waals surface area (Å²) in [6.45, 7) is 6.06. The number of carbonyl (C=O) groups excluding carboxylic acids is 2. The number of aliphatic imine (C=N–C) groups is 1. The number of likely N-dealkylation sites (tertiary alicyclic amines) is 1. The number of unbranched alkanes of at least 4 members (excludes halogenated alkanes) is 4. The first-order chi connectivity index (χ1) is 15.0. The quantitative estimate of drug-likeness (QED) is 0.154. The highest BCUT2D eigenvalue weighted by molar-refractivity contribution is 6.06. The molecule has 174 valence electrons. The molecule has 7 nitrogen and oxygen atoms in total. The highest BCUT2D eigenvalue weighted by Gasteiger charge is 2.58. The molecule has 1 aliphatic heterocycles. The van der Waals surface area contributed by atoms with Gasteiger partial charge in [0.2, 0.25) is 11.8 Å². The summed E-state index contributed by atoms with van der Waals surface area (Å²) in [5.41, 5.74) is 0. The summed E-state index contributed by atoms with van der Waals surface area (Å²) in [4.78, 5) is 33.8. The lowest BCUT2D eigenvalue weighted by molar-refractivity contribution is -0.140. The lowest BCUT2D eigenvalue weighted by atomic mass is 9.85. The van der Waals surface area contributed by atoms with Crippen molar-refractivity contribution in [2.75, 3.05) is 46.8 Å². The Bertz CT molecular complexity index is 645. The summed E-state index contributed by atoms with van der Waals surface area (Å²) >= 11 is 0. The van der Waals surface area contributed by atoms with Crippen LogP contribution in [0.15, 0.2) is 17.1 Å². The van der Waals surface area contributed by atoms with Crippen LogP contribution in [0.2, 0.25) is 0 Å². The molecule has 2 fully saturated rings. The van der Waals surface area contributed by atoms with Crippen molar-refractivity contribution in [1.82, 2.24) is 20.4 Å². The van der Waals surface area contributed by atoms with Crippen LogP contribution >= 0.6 is 0 Å². The third-order valence-electron chi connectivity index (χ3n) is 6.79. The van der Waals surface area contributed by atoms with Gasteiger partial charge in [-0.25, -0.2) is 0 Å². The molecule has 2 N–H and O–H groups in total. The van der Waals surface area contributed by atoms with E-state index in [1.165, 1.54) is 37.1 Å². The lowest BCUT2D eigenvalue weighted by Crippen LogP contribution is -2.38. The monoisotopic (exact) mass is 431 g/mol. The first-order valence-corrected chi connectivity index (χ1v) is 12.2. The predicted molar refractivity (Wildman–Crippen MR) is 125 cm³/mol. The van der Waals surface area contributed by atoms with Crippen LogP contribution in [0.3, 0.4) is 0 Å². The second kappa shape index (κ2) is 11.7. The fraction of sp³-hybridized carbons (Fsp3) is 0.792. The Balaban J connectivity index is 1.32. The number of guanidine groups is 1. The van der Waals surface area contributed by atoms with Crippen molar-refractivity contribution in [3.8, 4) is 0 Å². The number of nitrogens with one attached hydrogen (secondary N) is 2. The molecule has 7 heteroatoms. The van der Waals surface area contributed by atoms with Crippen LogP contribution in [0, 0.1) is 23.7 Å². The molecule has 2 bridgehead atoms. The molecule has 1 heterocycles. The molecule has 2 aliphatic carbocycles. The summed E-state index contributed by atoms with van der Waals surface area (Å²) < 4.78 is 0. The predicted octanol–water partition coefficient (Wildman–Crippen LogP) is 2.25. The highest BCUT2D eigenvalue weighted by Crippen LogP contribution is 2.52. The topological polar surface area (TPSA) is 77.0 Å². The third kappa shape index (κ3) is 6.09. The molecule has 0 radical (unpaired) electrons. The fourth-order valence-electron chi connectivity index (χ4n) is 5.24. The van der Waals surface area contributed by atoms with E-state index in [9.17, 15) is 9.59 Å². The number of amides is 2. The Morgan fingerprint density at radius 1 is 1.00 bits per heavy atom. The van der Waals surface area contributed by atoms with Gasteiger partial charge < -0.3 is 15.5 Å². The van der Waals surface area contributed by atoms with Crippen molar-refractivity contribution in [2.24, 2.45) is 28.7 Å². The Morgan fingerprint density at radius 2 is 1.65 bits per heavy atom. The minimum atomic E-state index is -0.0899. The van der Waals surface area contributed by atoms with Crippen LogP contribution < -0.4 is 10.6 Å². The van der Waals surface area contributed by atoms with Gasteiger partial charge in [0.15, 0.2) is 5.96 Å². The number of carbonyl (C=O) groups is 2. The van der Waals surface area contributed by atoms with Gasteiger partial charge in [0, 0.05) is 26.2 Å². The molecule has 3 aliphatic rings. The summed E-state index contributed by atoms with van der Waals surface area (Å²) in [7, 11) is 4.25. The third-order valence-corrected chi connectivity index (χ3v) is 6.79. The maximum atomic E-state index is 12.7. The molecule has 4 unspecified atom stereocenters. The maximum absolute atomic E-state index is 12.7. The van der Waals surface area contributed by atoms with Crippen LogP contribution in [0.4, 0.5) is 0 Å². The lowest BCUT2D eigenvalue weighted by Gasteiger charge is -2.17. The number of nitrogens with zero attached hydrogens (tertiary/aromatic N) is 3. The zero-order valence-corrected chi connectivity index (χ0v) is 19.6. The molecule has 0 spiro atoms. The van der Waals surface area contributed by atoms with Crippen molar-refractivity contribution in [2.45, 2.75) is 51.9 Å². The van der Waals surface area contributed by atoms with E-state index in [0.29, 0.717) is 19.5 Å². The van der Waals surface area contributed by atoms with E-state index < -0.39 is 0 Å². The van der Waals surface area contributed by atoms with E-state index in [2.05, 4.69) is 53.7 Å². The molecule has 2 amide bonds. The van der Waals surface area contributed by atoms with Gasteiger partial charge in [0.1, 0.15) is 0 Å². The Kier molecular flexibility index (Phi) is 8.93. The Morgan fingerprint density at radius 3 is 2.29 bits per heavy atom. The molecule has 31 heavy (non-hydrogen) atoms. The van der Waals surface area contributed by atoms with E-state index in [1.807, 2.05) is 0 Å². The van der Waals surface area contributed by atoms with E-state index in [1.54, 1.807) is 0 Å². The molecule has 1 saturated carbocycles. The Labute approximate surface area is 187 Å². The SMILES string of the molecule is CCNC(=NCCCN1C(=O)C2C3C=CC(C3)C2C1=O)NCCCCCCCN(C)C. The van der Waals surface area contributed by atoms with E-state index in [-0.39, 0.29) is 35.5 Å². The van der Waals surface area contributed by atoms with Crippen molar-refractivity contribution in [3.63, 3.8) is 0 Å². The van der Waals surface area contributed by atoms with Crippen molar-refractivity contribution >= 4 is 17.8 Å². The molecule has 0 aromatic heterocycles. The van der Waals surface area contributed by atoms with Gasteiger partial charge in [-0.1, -0.05) is 31.4 Å². The second-order valence-corrected chi connectivity index (χ2v) is 9.44. The molecule has 1 saturated heterocycles.